The molecule has 6 N–H and O–H groups in total. The number of ether oxygens (including phenoxy) is 1. The quantitative estimate of drug-likeness (QED) is 0.132. The lowest BCUT2D eigenvalue weighted by atomic mass is 9.93. The lowest BCUT2D eigenvalue weighted by Crippen LogP contribution is -2.47. The largest absolute Gasteiger partial charge is 0.440 e. The summed E-state index contributed by atoms with van der Waals surface area (Å²) in [6.07, 6.45) is 10.3. The van der Waals surface area contributed by atoms with E-state index in [9.17, 15) is 4.21 Å². The van der Waals surface area contributed by atoms with Gasteiger partial charge >= 0.3 is 0 Å². The number of nitrogens with two attached hydrogens (primary N) is 2. The van der Waals surface area contributed by atoms with Crippen LogP contribution in [-0.2, 0) is 22.1 Å². The molecule has 10 heteroatoms. The van der Waals surface area contributed by atoms with Crippen LogP contribution in [0.3, 0.4) is 0 Å². The molecule has 0 spiro atoms. The van der Waals surface area contributed by atoms with Crippen molar-refractivity contribution in [1.82, 2.24) is 19.9 Å². The van der Waals surface area contributed by atoms with E-state index in [1.807, 2.05) is 25.1 Å². The van der Waals surface area contributed by atoms with E-state index in [1.165, 1.54) is 6.42 Å². The van der Waals surface area contributed by atoms with Crippen LogP contribution < -0.4 is 22.2 Å². The van der Waals surface area contributed by atoms with Crippen molar-refractivity contribution in [1.29, 1.82) is 0 Å². The molecule has 1 fully saturated rings. The van der Waals surface area contributed by atoms with Gasteiger partial charge in [-0.3, -0.25) is 14.6 Å². The van der Waals surface area contributed by atoms with Gasteiger partial charge in [0.2, 0.25) is 5.90 Å². The highest BCUT2D eigenvalue weighted by atomic mass is 32.2. The van der Waals surface area contributed by atoms with Crippen LogP contribution in [0.2, 0.25) is 0 Å². The highest BCUT2D eigenvalue weighted by molar-refractivity contribution is 7.81. The zero-order valence-electron chi connectivity index (χ0n) is 19.7. The van der Waals surface area contributed by atoms with Crippen molar-refractivity contribution in [3.63, 3.8) is 0 Å². The number of nitrogens with zero attached hydrogens (tertiary/aromatic N) is 3. The van der Waals surface area contributed by atoms with Gasteiger partial charge in [0.15, 0.2) is 0 Å². The summed E-state index contributed by atoms with van der Waals surface area (Å²) < 4.78 is 19.7. The van der Waals surface area contributed by atoms with Crippen LogP contribution in [0.4, 0.5) is 0 Å². The van der Waals surface area contributed by atoms with Crippen molar-refractivity contribution in [2.75, 3.05) is 19.8 Å². The molecule has 180 valence electrons. The summed E-state index contributed by atoms with van der Waals surface area (Å²) in [4.78, 5) is 4.04. The predicted molar refractivity (Wildman–Crippen MR) is 133 cm³/mol. The van der Waals surface area contributed by atoms with Gasteiger partial charge in [-0.25, -0.2) is 4.21 Å². The molecule has 0 radical (unpaired) electrons. The Hall–Kier alpha value is -2.69. The lowest BCUT2D eigenvalue weighted by Gasteiger charge is -2.31. The molecule has 1 aliphatic carbocycles. The van der Waals surface area contributed by atoms with E-state index in [0.717, 1.165) is 18.0 Å². The Kier molecular flexibility index (Phi) is 7.93. The maximum Gasteiger partial charge on any atom is 0.242 e. The molecular weight excluding hydrogens is 438 g/mol. The number of nitrogens with one attached hydrogen (secondary N) is 2. The zero-order valence-corrected chi connectivity index (χ0v) is 20.6. The molecule has 1 aromatic rings. The van der Waals surface area contributed by atoms with Gasteiger partial charge in [-0.15, -0.1) is 5.10 Å². The van der Waals surface area contributed by atoms with E-state index in [1.54, 1.807) is 36.1 Å². The van der Waals surface area contributed by atoms with Gasteiger partial charge in [0.1, 0.15) is 22.6 Å². The number of rotatable bonds is 10. The van der Waals surface area contributed by atoms with Crippen LogP contribution in [0.5, 0.6) is 0 Å². The first-order valence-electron chi connectivity index (χ1n) is 10.9. The summed E-state index contributed by atoms with van der Waals surface area (Å²) >= 11 is 0. The fourth-order valence-corrected chi connectivity index (χ4v) is 3.94. The van der Waals surface area contributed by atoms with Crippen LogP contribution in [0.1, 0.15) is 25.8 Å². The predicted octanol–water partition coefficient (Wildman–Crippen LogP) is 1.31. The Bertz CT molecular complexity index is 974. The molecule has 1 aromatic heterocycles. The minimum absolute atomic E-state index is 0.187. The molecule has 1 saturated carbocycles. The average molecular weight is 474 g/mol. The minimum atomic E-state index is -1.21. The first-order valence-corrected chi connectivity index (χ1v) is 12.5. The van der Waals surface area contributed by atoms with E-state index in [2.05, 4.69) is 34.2 Å². The fourth-order valence-electron chi connectivity index (χ4n) is 3.56. The third-order valence-electron chi connectivity index (χ3n) is 6.08. The van der Waals surface area contributed by atoms with Crippen LogP contribution in [0, 0.1) is 11.8 Å². The van der Waals surface area contributed by atoms with E-state index >= 15 is 0 Å². The van der Waals surface area contributed by atoms with Crippen molar-refractivity contribution in [3.8, 4) is 0 Å². The molecule has 0 aromatic carbocycles. The lowest BCUT2D eigenvalue weighted by molar-refractivity contribution is 0.315. The summed E-state index contributed by atoms with van der Waals surface area (Å²) in [5.74, 6) is 8.30. The monoisotopic (exact) mass is 473 g/mol. The second-order valence-corrected chi connectivity index (χ2v) is 10.4. The van der Waals surface area contributed by atoms with Gasteiger partial charge in [0.25, 0.3) is 0 Å². The molecule has 3 rings (SSSR count). The molecular formula is C23H35N7O2S. The summed E-state index contributed by atoms with van der Waals surface area (Å²) in [6.45, 7) is 9.01. The maximum absolute atomic E-state index is 12.1. The maximum atomic E-state index is 12.1. The second-order valence-electron chi connectivity index (χ2n) is 8.99. The number of hydrogen-bond donors (Lipinski definition) is 4. The van der Waals surface area contributed by atoms with Crippen LogP contribution in [0.15, 0.2) is 65.5 Å². The van der Waals surface area contributed by atoms with Crippen molar-refractivity contribution >= 4 is 16.9 Å². The fraction of sp³-hybridized carbons (Fsp3) is 0.478. The van der Waals surface area contributed by atoms with Crippen LogP contribution in [0.25, 0.3) is 0 Å². The van der Waals surface area contributed by atoms with Crippen LogP contribution >= 0.6 is 0 Å². The molecule has 9 nitrogen and oxygen atoms in total. The van der Waals surface area contributed by atoms with Gasteiger partial charge in [-0.2, -0.15) is 0 Å². The van der Waals surface area contributed by atoms with Gasteiger partial charge in [0.05, 0.1) is 11.7 Å². The minimum Gasteiger partial charge on any atom is -0.440 e. The summed E-state index contributed by atoms with van der Waals surface area (Å²) in [7, 11) is 0.539. The Balaban J connectivity index is 1.76. The highest BCUT2D eigenvalue weighted by Crippen LogP contribution is 2.36. The molecule has 0 bridgehead atoms. The molecule has 0 amide bonds. The summed E-state index contributed by atoms with van der Waals surface area (Å²) in [5.41, 5.74) is 7.32. The molecule has 1 aliphatic heterocycles. The van der Waals surface area contributed by atoms with Gasteiger partial charge in [-0.05, 0) is 61.4 Å². The van der Waals surface area contributed by atoms with Crippen molar-refractivity contribution in [2.45, 2.75) is 38.4 Å². The molecule has 0 saturated heterocycles. The topological polar surface area (TPSA) is 131 Å². The number of aromatic nitrogens is 1. The standard InChI is InChI=1S/C23H35N7O2S/c1-15-10-19(15)14-27-20-11-18(12-21(28-20)30(4)33(5)31)22(29-25)32-16(2)23(3,24)13-17-6-8-26-9-7-17/h6-9,11-12,15,19-20,27-28H,2,10,13-14,24-25H2,1,3-5H3/b29-22-. The zero-order chi connectivity index (χ0) is 24.2. The number of pyridine rings is 1. The molecule has 2 aliphatic rings. The second kappa shape index (κ2) is 10.5. The Labute approximate surface area is 198 Å². The van der Waals surface area contributed by atoms with Crippen molar-refractivity contribution < 1.29 is 8.95 Å². The van der Waals surface area contributed by atoms with E-state index < -0.39 is 16.5 Å². The van der Waals surface area contributed by atoms with Gasteiger partial charge in [-0.1, -0.05) is 13.5 Å². The molecule has 2 heterocycles. The number of hydrazone groups is 1. The Morgan fingerprint density at radius 1 is 1.48 bits per heavy atom. The normalized spacial score (nSPS) is 25.1. The first-order chi connectivity index (χ1) is 15.6. The average Bonchev–Trinajstić information content (AvgIpc) is 3.50. The van der Waals surface area contributed by atoms with E-state index in [-0.39, 0.29) is 12.1 Å². The van der Waals surface area contributed by atoms with E-state index in [0.29, 0.717) is 29.5 Å². The third-order valence-corrected chi connectivity index (χ3v) is 7.05. The Morgan fingerprint density at radius 2 is 2.15 bits per heavy atom. The third kappa shape index (κ3) is 6.66. The van der Waals surface area contributed by atoms with Gasteiger partial charge < -0.3 is 21.6 Å². The first kappa shape index (κ1) is 24.9. The van der Waals surface area contributed by atoms with E-state index in [4.69, 9.17) is 16.3 Å². The van der Waals surface area contributed by atoms with Gasteiger partial charge in [0, 0.05) is 37.8 Å². The van der Waals surface area contributed by atoms with Crippen molar-refractivity contribution in [3.05, 3.63) is 66.0 Å². The summed E-state index contributed by atoms with van der Waals surface area (Å²) in [6, 6.07) is 3.80. The number of hydrogen-bond acceptors (Lipinski definition) is 8. The Morgan fingerprint density at radius 3 is 2.73 bits per heavy atom. The molecule has 5 unspecified atom stereocenters. The smallest absolute Gasteiger partial charge is 0.242 e. The molecule has 5 atom stereocenters. The SMILES string of the molecule is C=C(O/C(=N\N)C1=CC(NCC2CC2C)NC(N(C)S(C)=O)=C1)C(C)(N)Cc1ccncc1. The van der Waals surface area contributed by atoms with Crippen LogP contribution in [-0.4, -0.2) is 50.9 Å². The number of dihydropyridines is 1. The highest BCUT2D eigenvalue weighted by Gasteiger charge is 2.33. The molecule has 33 heavy (non-hydrogen) atoms. The van der Waals surface area contributed by atoms with Crippen molar-refractivity contribution in [2.24, 2.45) is 28.5 Å². The summed E-state index contributed by atoms with van der Waals surface area (Å²) in [5, 5.41) is 10.7.